The Balaban J connectivity index is 1.74. The van der Waals surface area contributed by atoms with Crippen LogP contribution in [0.25, 0.3) is 16.6 Å². The Labute approximate surface area is 145 Å². The normalized spacial score (nSPS) is 11.4. The van der Waals surface area contributed by atoms with Gasteiger partial charge in [0.25, 0.3) is 0 Å². The minimum absolute atomic E-state index is 0.344. The van der Waals surface area contributed by atoms with Crippen molar-refractivity contribution in [3.05, 3.63) is 58.9 Å². The number of nitrogens with zero attached hydrogens (tertiary/aromatic N) is 5. The second kappa shape index (κ2) is 5.81. The molecule has 6 nitrogen and oxygen atoms in total. The van der Waals surface area contributed by atoms with Gasteiger partial charge in [-0.05, 0) is 33.8 Å². The Morgan fingerprint density at radius 3 is 2.52 bits per heavy atom. The maximum absolute atomic E-state index is 6.05. The van der Waals surface area contributed by atoms with Crippen LogP contribution in [0.15, 0.2) is 30.5 Å². The highest BCUT2D eigenvalue weighted by Gasteiger charge is 2.15. The molecular weight excluding hydrogens is 314 g/mol. The smallest absolute Gasteiger partial charge is 0.198 e. The molecule has 6 heteroatoms. The second-order valence-electron chi connectivity index (χ2n) is 6.18. The molecule has 0 atom stereocenters. The van der Waals surface area contributed by atoms with Crippen LogP contribution < -0.4 is 4.74 Å². The van der Waals surface area contributed by atoms with Gasteiger partial charge < -0.3 is 4.74 Å². The fourth-order valence-electron chi connectivity index (χ4n) is 2.91. The van der Waals surface area contributed by atoms with E-state index in [4.69, 9.17) is 4.74 Å². The molecule has 1 aromatic carbocycles. The Hall–Kier alpha value is -3.02. The number of rotatable bonds is 3. The second-order valence-corrected chi connectivity index (χ2v) is 6.18. The van der Waals surface area contributed by atoms with E-state index >= 15 is 0 Å². The van der Waals surface area contributed by atoms with Crippen molar-refractivity contribution in [2.75, 3.05) is 0 Å². The van der Waals surface area contributed by atoms with Crippen molar-refractivity contribution in [2.45, 2.75) is 34.3 Å². The number of para-hydroxylation sites is 1. The van der Waals surface area contributed by atoms with Crippen LogP contribution in [-0.2, 0) is 6.61 Å². The molecule has 0 fully saturated rings. The van der Waals surface area contributed by atoms with Gasteiger partial charge in [-0.2, -0.15) is 5.10 Å². The van der Waals surface area contributed by atoms with Crippen LogP contribution in [0.2, 0.25) is 0 Å². The lowest BCUT2D eigenvalue weighted by Gasteiger charge is -2.09. The first kappa shape index (κ1) is 15.5. The van der Waals surface area contributed by atoms with E-state index in [1.54, 1.807) is 0 Å². The monoisotopic (exact) mass is 333 g/mol. The van der Waals surface area contributed by atoms with Gasteiger partial charge in [0.05, 0.1) is 28.3 Å². The molecule has 25 heavy (non-hydrogen) atoms. The van der Waals surface area contributed by atoms with Crippen molar-refractivity contribution in [1.29, 1.82) is 0 Å². The van der Waals surface area contributed by atoms with Crippen molar-refractivity contribution < 1.29 is 4.74 Å². The summed E-state index contributed by atoms with van der Waals surface area (Å²) in [5.74, 6) is 0.685. The molecule has 0 saturated heterocycles. The van der Waals surface area contributed by atoms with Crippen LogP contribution in [0.5, 0.6) is 5.75 Å². The van der Waals surface area contributed by atoms with Gasteiger partial charge >= 0.3 is 0 Å². The van der Waals surface area contributed by atoms with Gasteiger partial charge in [0.2, 0.25) is 0 Å². The standard InChI is InChI=1S/C19H19N5O/c1-11-12(2)22-16(13(3)21-11)10-25-18-14(4)23-24-17-8-6-5-7-15(17)9-20-19(18)24/h5-9H,10H2,1-4H3. The fourth-order valence-corrected chi connectivity index (χ4v) is 2.91. The molecule has 0 unspecified atom stereocenters. The minimum Gasteiger partial charge on any atom is -0.481 e. The Kier molecular flexibility index (Phi) is 3.60. The number of aromatic nitrogens is 5. The van der Waals surface area contributed by atoms with Crippen molar-refractivity contribution in [2.24, 2.45) is 0 Å². The molecule has 4 aromatic rings. The molecule has 3 aromatic heterocycles. The van der Waals surface area contributed by atoms with Gasteiger partial charge in [0, 0.05) is 11.6 Å². The predicted octanol–water partition coefficient (Wildman–Crippen LogP) is 3.49. The van der Waals surface area contributed by atoms with Gasteiger partial charge in [-0.25, -0.2) is 9.50 Å². The maximum atomic E-state index is 6.05. The van der Waals surface area contributed by atoms with Crippen LogP contribution in [0.1, 0.15) is 28.5 Å². The minimum atomic E-state index is 0.344. The van der Waals surface area contributed by atoms with Crippen LogP contribution >= 0.6 is 0 Å². The lowest BCUT2D eigenvalue weighted by molar-refractivity contribution is 0.300. The summed E-state index contributed by atoms with van der Waals surface area (Å²) in [6.07, 6.45) is 1.85. The Morgan fingerprint density at radius 1 is 0.920 bits per heavy atom. The van der Waals surface area contributed by atoms with Crippen LogP contribution in [0, 0.1) is 27.7 Å². The molecule has 0 aliphatic heterocycles. The van der Waals surface area contributed by atoms with Gasteiger partial charge in [-0.3, -0.25) is 9.97 Å². The summed E-state index contributed by atoms with van der Waals surface area (Å²) in [5.41, 5.74) is 6.11. The van der Waals surface area contributed by atoms with E-state index in [0.717, 1.165) is 39.4 Å². The van der Waals surface area contributed by atoms with E-state index < -0.39 is 0 Å². The Morgan fingerprint density at radius 2 is 1.68 bits per heavy atom. The molecule has 0 aliphatic carbocycles. The molecule has 0 N–H and O–H groups in total. The SMILES string of the molecule is Cc1nc(C)c(COc2c(C)nn3c2ncc2ccccc23)nc1C. The summed E-state index contributed by atoms with van der Waals surface area (Å²) in [6, 6.07) is 8.03. The maximum Gasteiger partial charge on any atom is 0.198 e. The molecule has 0 radical (unpaired) electrons. The molecule has 0 bridgehead atoms. The van der Waals surface area contributed by atoms with Gasteiger partial charge in [-0.1, -0.05) is 18.2 Å². The van der Waals surface area contributed by atoms with Crippen molar-refractivity contribution >= 4 is 16.6 Å². The van der Waals surface area contributed by atoms with E-state index in [1.807, 2.05) is 62.7 Å². The third-order valence-electron chi connectivity index (χ3n) is 4.41. The highest BCUT2D eigenvalue weighted by molar-refractivity contribution is 5.81. The van der Waals surface area contributed by atoms with Crippen molar-refractivity contribution in [3.63, 3.8) is 0 Å². The Bertz CT molecular complexity index is 1100. The van der Waals surface area contributed by atoms with E-state index in [0.29, 0.717) is 18.0 Å². The summed E-state index contributed by atoms with van der Waals surface area (Å²) >= 11 is 0. The zero-order valence-electron chi connectivity index (χ0n) is 14.7. The van der Waals surface area contributed by atoms with Crippen molar-refractivity contribution in [3.8, 4) is 5.75 Å². The molecule has 3 heterocycles. The first-order chi connectivity index (χ1) is 12.0. The van der Waals surface area contributed by atoms with E-state index in [2.05, 4.69) is 20.1 Å². The van der Waals surface area contributed by atoms with Crippen LogP contribution in [-0.4, -0.2) is 24.6 Å². The fraction of sp³-hybridized carbons (Fsp3) is 0.263. The number of hydrogen-bond donors (Lipinski definition) is 0. The lowest BCUT2D eigenvalue weighted by Crippen LogP contribution is -2.06. The molecule has 0 saturated carbocycles. The van der Waals surface area contributed by atoms with Crippen LogP contribution in [0.3, 0.4) is 0 Å². The molecular formula is C19H19N5O. The first-order valence-corrected chi connectivity index (χ1v) is 8.21. The number of fused-ring (bicyclic) bond motifs is 3. The zero-order valence-corrected chi connectivity index (χ0v) is 14.7. The summed E-state index contributed by atoms with van der Waals surface area (Å²) in [5, 5.41) is 5.64. The molecule has 126 valence electrons. The molecule has 4 rings (SSSR count). The van der Waals surface area contributed by atoms with Gasteiger partial charge in [-0.15, -0.1) is 0 Å². The van der Waals surface area contributed by atoms with Crippen molar-refractivity contribution in [1.82, 2.24) is 24.6 Å². The third kappa shape index (κ3) is 2.59. The van der Waals surface area contributed by atoms with Crippen LogP contribution in [0.4, 0.5) is 0 Å². The largest absolute Gasteiger partial charge is 0.481 e. The van der Waals surface area contributed by atoms with E-state index in [-0.39, 0.29) is 0 Å². The first-order valence-electron chi connectivity index (χ1n) is 8.21. The summed E-state index contributed by atoms with van der Waals surface area (Å²) in [6.45, 7) is 8.14. The number of benzene rings is 1. The predicted molar refractivity (Wildman–Crippen MR) is 95.8 cm³/mol. The quantitative estimate of drug-likeness (QED) is 0.574. The average Bonchev–Trinajstić information content (AvgIpc) is 2.93. The topological polar surface area (TPSA) is 65.2 Å². The number of ether oxygens (including phenoxy) is 1. The van der Waals surface area contributed by atoms with Gasteiger partial charge in [0.15, 0.2) is 11.4 Å². The third-order valence-corrected chi connectivity index (χ3v) is 4.41. The number of hydrogen-bond acceptors (Lipinski definition) is 5. The lowest BCUT2D eigenvalue weighted by atomic mass is 10.2. The molecule has 0 aliphatic rings. The zero-order chi connectivity index (χ0) is 17.6. The summed E-state index contributed by atoms with van der Waals surface area (Å²) in [7, 11) is 0. The van der Waals surface area contributed by atoms with E-state index in [1.165, 1.54) is 0 Å². The van der Waals surface area contributed by atoms with Gasteiger partial charge in [0.1, 0.15) is 12.3 Å². The number of aryl methyl sites for hydroxylation is 4. The highest BCUT2D eigenvalue weighted by atomic mass is 16.5. The average molecular weight is 333 g/mol. The highest BCUT2D eigenvalue weighted by Crippen LogP contribution is 2.26. The molecule has 0 spiro atoms. The summed E-state index contributed by atoms with van der Waals surface area (Å²) in [4.78, 5) is 13.7. The molecule has 0 amide bonds. The summed E-state index contributed by atoms with van der Waals surface area (Å²) < 4.78 is 7.88. The van der Waals surface area contributed by atoms with E-state index in [9.17, 15) is 0 Å².